The first-order valence-corrected chi connectivity index (χ1v) is 9.64. The van der Waals surface area contributed by atoms with Gasteiger partial charge in [-0.25, -0.2) is 9.59 Å². The van der Waals surface area contributed by atoms with Crippen LogP contribution >= 0.6 is 0 Å². The second-order valence-corrected chi connectivity index (χ2v) is 6.43. The molecule has 7 nitrogen and oxygen atoms in total. The zero-order valence-corrected chi connectivity index (χ0v) is 17.1. The van der Waals surface area contributed by atoms with Gasteiger partial charge < -0.3 is 14.0 Å². The van der Waals surface area contributed by atoms with Gasteiger partial charge in [0.25, 0.3) is 0 Å². The van der Waals surface area contributed by atoms with E-state index in [0.717, 1.165) is 0 Å². The number of benzene rings is 2. The molecule has 0 amide bonds. The summed E-state index contributed by atoms with van der Waals surface area (Å²) in [6.07, 6.45) is 1.53. The lowest BCUT2D eigenvalue weighted by atomic mass is 10.0. The Morgan fingerprint density at radius 1 is 0.839 bits per heavy atom. The highest BCUT2D eigenvalue weighted by Gasteiger charge is 2.29. The first kappa shape index (κ1) is 21.4. The van der Waals surface area contributed by atoms with Crippen LogP contribution in [0.3, 0.4) is 0 Å². The minimum atomic E-state index is -0.655. The van der Waals surface area contributed by atoms with Gasteiger partial charge in [-0.05, 0) is 55.8 Å². The molecule has 0 saturated carbocycles. The van der Waals surface area contributed by atoms with Gasteiger partial charge in [-0.2, -0.15) is 10.5 Å². The van der Waals surface area contributed by atoms with Crippen LogP contribution in [0.25, 0.3) is 16.9 Å². The van der Waals surface area contributed by atoms with Crippen molar-refractivity contribution in [2.75, 3.05) is 13.2 Å². The van der Waals surface area contributed by atoms with Crippen molar-refractivity contribution in [1.82, 2.24) is 4.57 Å². The quantitative estimate of drug-likeness (QED) is 0.560. The van der Waals surface area contributed by atoms with E-state index in [2.05, 4.69) is 12.1 Å². The summed E-state index contributed by atoms with van der Waals surface area (Å²) in [5.74, 6) is -1.30. The summed E-state index contributed by atoms with van der Waals surface area (Å²) in [7, 11) is 0. The molecule has 0 aliphatic heterocycles. The summed E-state index contributed by atoms with van der Waals surface area (Å²) in [6, 6.07) is 17.5. The fraction of sp³-hybridized carbons (Fsp3) is 0.167. The number of nitriles is 2. The molecule has 0 spiro atoms. The molecule has 0 N–H and O–H groups in total. The number of carbonyl (C=O) groups excluding carboxylic acids is 2. The lowest BCUT2D eigenvalue weighted by Gasteiger charge is -2.12. The van der Waals surface area contributed by atoms with E-state index < -0.39 is 11.9 Å². The van der Waals surface area contributed by atoms with Crippen molar-refractivity contribution in [2.24, 2.45) is 0 Å². The van der Waals surface area contributed by atoms with Crippen LogP contribution in [0.1, 0.15) is 45.7 Å². The Morgan fingerprint density at radius 3 is 1.87 bits per heavy atom. The van der Waals surface area contributed by atoms with Gasteiger partial charge >= 0.3 is 11.9 Å². The lowest BCUT2D eigenvalue weighted by Crippen LogP contribution is -2.13. The van der Waals surface area contributed by atoms with Crippen molar-refractivity contribution < 1.29 is 19.1 Å². The van der Waals surface area contributed by atoms with Crippen molar-refractivity contribution in [1.29, 1.82) is 10.5 Å². The SMILES string of the molecule is CCOC(=O)c1cn(-c2ccc(C#N)cc2)c(-c2ccc(C#N)cc2)c1C(=O)OCC. The summed E-state index contributed by atoms with van der Waals surface area (Å²) in [5.41, 5.74) is 2.77. The molecule has 1 heterocycles. The van der Waals surface area contributed by atoms with Gasteiger partial charge in [-0.1, -0.05) is 12.1 Å². The lowest BCUT2D eigenvalue weighted by molar-refractivity contribution is 0.0481. The average Bonchev–Trinajstić information content (AvgIpc) is 3.20. The average molecular weight is 413 g/mol. The van der Waals surface area contributed by atoms with Gasteiger partial charge in [0.2, 0.25) is 0 Å². The van der Waals surface area contributed by atoms with E-state index >= 15 is 0 Å². The predicted molar refractivity (Wildman–Crippen MR) is 113 cm³/mol. The molecule has 0 saturated heterocycles. The Bertz CT molecular complexity index is 1190. The maximum atomic E-state index is 12.9. The van der Waals surface area contributed by atoms with Crippen LogP contribution in [0.5, 0.6) is 0 Å². The predicted octanol–water partition coefficient (Wildman–Crippen LogP) is 4.24. The number of aromatic nitrogens is 1. The molecule has 7 heteroatoms. The van der Waals surface area contributed by atoms with Gasteiger partial charge in [0, 0.05) is 11.9 Å². The maximum absolute atomic E-state index is 12.9. The summed E-state index contributed by atoms with van der Waals surface area (Å²) < 4.78 is 12.1. The fourth-order valence-corrected chi connectivity index (χ4v) is 3.17. The Kier molecular flexibility index (Phi) is 6.49. The molecular weight excluding hydrogens is 394 g/mol. The van der Waals surface area contributed by atoms with E-state index in [0.29, 0.717) is 28.1 Å². The number of nitrogens with zero attached hydrogens (tertiary/aromatic N) is 3. The van der Waals surface area contributed by atoms with Gasteiger partial charge in [0.15, 0.2) is 0 Å². The second-order valence-electron chi connectivity index (χ2n) is 6.43. The summed E-state index contributed by atoms with van der Waals surface area (Å²) in [5, 5.41) is 18.2. The van der Waals surface area contributed by atoms with Gasteiger partial charge in [-0.3, -0.25) is 0 Å². The van der Waals surface area contributed by atoms with Crippen LogP contribution in [0.4, 0.5) is 0 Å². The number of esters is 2. The normalized spacial score (nSPS) is 10.1. The van der Waals surface area contributed by atoms with Crippen LogP contribution in [0.15, 0.2) is 54.7 Å². The highest BCUT2D eigenvalue weighted by Crippen LogP contribution is 2.33. The van der Waals surface area contributed by atoms with E-state index in [-0.39, 0.29) is 24.3 Å². The van der Waals surface area contributed by atoms with Crippen LogP contribution in [0.2, 0.25) is 0 Å². The molecule has 0 atom stereocenters. The summed E-state index contributed by atoms with van der Waals surface area (Å²) in [6.45, 7) is 3.65. The molecule has 154 valence electrons. The van der Waals surface area contributed by atoms with E-state index in [9.17, 15) is 9.59 Å². The standard InChI is InChI=1S/C24H19N3O4/c1-3-30-23(28)20-15-27(19-11-7-17(14-26)8-12-19)22(21(20)24(29)31-4-2)18-9-5-16(13-25)6-10-18/h5-12,15H,3-4H2,1-2H3. The summed E-state index contributed by atoms with van der Waals surface area (Å²) in [4.78, 5) is 25.6. The second kappa shape index (κ2) is 9.43. The molecule has 0 unspecified atom stereocenters. The zero-order valence-electron chi connectivity index (χ0n) is 17.1. The maximum Gasteiger partial charge on any atom is 0.341 e. The van der Waals surface area contributed by atoms with E-state index in [1.807, 2.05) is 0 Å². The smallest absolute Gasteiger partial charge is 0.341 e. The minimum Gasteiger partial charge on any atom is -0.462 e. The molecule has 2 aromatic carbocycles. The van der Waals surface area contributed by atoms with Crippen LogP contribution in [-0.4, -0.2) is 29.7 Å². The Hall–Kier alpha value is -4.36. The topological polar surface area (TPSA) is 105 Å². The number of rotatable bonds is 6. The minimum absolute atomic E-state index is 0.0732. The van der Waals surface area contributed by atoms with E-state index in [1.54, 1.807) is 66.9 Å². The van der Waals surface area contributed by atoms with Gasteiger partial charge in [0.1, 0.15) is 5.56 Å². The monoisotopic (exact) mass is 413 g/mol. The first-order valence-electron chi connectivity index (χ1n) is 9.64. The zero-order chi connectivity index (χ0) is 22.4. The van der Waals surface area contributed by atoms with Gasteiger partial charge in [-0.15, -0.1) is 0 Å². The fourth-order valence-electron chi connectivity index (χ4n) is 3.17. The number of hydrogen-bond donors (Lipinski definition) is 0. The summed E-state index contributed by atoms with van der Waals surface area (Å²) >= 11 is 0. The van der Waals surface area contributed by atoms with Crippen molar-refractivity contribution in [3.8, 4) is 29.1 Å². The Balaban J connectivity index is 2.32. The molecule has 1 aromatic heterocycles. The van der Waals surface area contributed by atoms with Crippen molar-refractivity contribution in [3.63, 3.8) is 0 Å². The molecule has 0 radical (unpaired) electrons. The number of carbonyl (C=O) groups is 2. The highest BCUT2D eigenvalue weighted by molar-refractivity contribution is 6.08. The number of hydrogen-bond acceptors (Lipinski definition) is 6. The van der Waals surface area contributed by atoms with E-state index in [1.165, 1.54) is 6.20 Å². The molecule has 0 aliphatic rings. The number of ether oxygens (including phenoxy) is 2. The first-order chi connectivity index (χ1) is 15.0. The third-order valence-corrected chi connectivity index (χ3v) is 4.54. The third-order valence-electron chi connectivity index (χ3n) is 4.54. The third kappa shape index (κ3) is 4.31. The van der Waals surface area contributed by atoms with E-state index in [4.69, 9.17) is 20.0 Å². The molecule has 0 bridgehead atoms. The molecular formula is C24H19N3O4. The Labute approximate surface area is 179 Å². The molecule has 31 heavy (non-hydrogen) atoms. The van der Waals surface area contributed by atoms with Gasteiger partial charge in [0.05, 0.1) is 47.7 Å². The van der Waals surface area contributed by atoms with Crippen molar-refractivity contribution in [2.45, 2.75) is 13.8 Å². The largest absolute Gasteiger partial charge is 0.462 e. The molecule has 0 aliphatic carbocycles. The highest BCUT2D eigenvalue weighted by atomic mass is 16.5. The van der Waals surface area contributed by atoms with Crippen molar-refractivity contribution in [3.05, 3.63) is 77.0 Å². The molecule has 3 aromatic rings. The van der Waals surface area contributed by atoms with Crippen LogP contribution in [-0.2, 0) is 9.47 Å². The molecule has 0 fully saturated rings. The van der Waals surface area contributed by atoms with Crippen LogP contribution in [0, 0.1) is 22.7 Å². The van der Waals surface area contributed by atoms with Crippen molar-refractivity contribution >= 4 is 11.9 Å². The van der Waals surface area contributed by atoms with Crippen LogP contribution < -0.4 is 0 Å². The Morgan fingerprint density at radius 2 is 1.35 bits per heavy atom. The molecule has 3 rings (SSSR count).